The predicted octanol–water partition coefficient (Wildman–Crippen LogP) is 0.167. The van der Waals surface area contributed by atoms with Crippen molar-refractivity contribution in [2.45, 2.75) is 24.5 Å². The van der Waals surface area contributed by atoms with E-state index in [1.165, 1.54) is 17.2 Å². The Labute approximate surface area is 207 Å². The molecule has 0 radical (unpaired) electrons. The third kappa shape index (κ3) is 6.22. The molecule has 1 fully saturated rings. The average Bonchev–Trinajstić information content (AvgIpc) is 3.34. The zero-order valence-corrected chi connectivity index (χ0v) is 20.6. The van der Waals surface area contributed by atoms with E-state index in [9.17, 15) is 19.4 Å². The van der Waals surface area contributed by atoms with Gasteiger partial charge in [-0.1, -0.05) is 18.2 Å². The number of benzene rings is 1. The topological polar surface area (TPSA) is 234 Å². The fourth-order valence-electron chi connectivity index (χ4n) is 3.42. The number of carbonyl (C=O) groups excluding carboxylic acids is 1. The van der Waals surface area contributed by atoms with Crippen LogP contribution in [-0.4, -0.2) is 70.3 Å². The molecule has 1 aliphatic rings. The number of phosphoric acid groups is 1. The van der Waals surface area contributed by atoms with Gasteiger partial charge < -0.3 is 40.3 Å². The van der Waals surface area contributed by atoms with Gasteiger partial charge >= 0.3 is 20.6 Å². The highest BCUT2D eigenvalue weighted by Gasteiger charge is 2.47. The van der Waals surface area contributed by atoms with Crippen LogP contribution in [0.4, 0.5) is 10.6 Å². The highest BCUT2D eigenvalue weighted by atomic mass is 32.5. The number of hydrogen-bond donors (Lipinski definition) is 6. The molecule has 1 saturated heterocycles. The van der Waals surface area contributed by atoms with E-state index in [1.54, 1.807) is 30.3 Å². The Bertz CT molecular complexity index is 1340. The molecule has 36 heavy (non-hydrogen) atoms. The molecular formula is C17H20N6O10P2S. The largest absolute Gasteiger partial charge is 0.479 e. The van der Waals surface area contributed by atoms with Crippen molar-refractivity contribution < 1.29 is 47.5 Å². The predicted molar refractivity (Wildman–Crippen MR) is 125 cm³/mol. The lowest BCUT2D eigenvalue weighted by Crippen LogP contribution is -2.47. The van der Waals surface area contributed by atoms with Crippen LogP contribution in [0.1, 0.15) is 6.23 Å². The second-order valence-corrected chi connectivity index (χ2v) is 11.6. The Balaban J connectivity index is 1.58. The van der Waals surface area contributed by atoms with Crippen LogP contribution in [-0.2, 0) is 29.9 Å². The quantitative estimate of drug-likeness (QED) is 0.201. The number of nitrogen functional groups attached to an aromatic ring is 1. The highest BCUT2D eigenvalue weighted by molar-refractivity contribution is 8.08. The number of amides is 1. The molecule has 3 heterocycles. The summed E-state index contributed by atoms with van der Waals surface area (Å²) in [6.07, 6.45) is -2.48. The van der Waals surface area contributed by atoms with Gasteiger partial charge in [0.2, 0.25) is 0 Å². The molecule has 0 saturated carbocycles. The number of nitrogens with one attached hydrogen (secondary N) is 1. The molecule has 19 heteroatoms. The van der Waals surface area contributed by atoms with Crippen molar-refractivity contribution in [1.82, 2.24) is 24.8 Å². The van der Waals surface area contributed by atoms with Crippen LogP contribution in [0.2, 0.25) is 0 Å². The number of rotatable bonds is 8. The first-order valence-corrected chi connectivity index (χ1v) is 14.1. The second kappa shape index (κ2) is 10.4. The van der Waals surface area contributed by atoms with Crippen molar-refractivity contribution in [1.29, 1.82) is 0 Å². The van der Waals surface area contributed by atoms with Crippen LogP contribution in [0.5, 0.6) is 5.75 Å². The minimum Gasteiger partial charge on any atom is -0.410 e. The number of aliphatic hydroxyl groups excluding tert-OH is 1. The first kappa shape index (κ1) is 26.5. The third-order valence-electron chi connectivity index (χ3n) is 4.88. The van der Waals surface area contributed by atoms with E-state index in [0.717, 1.165) is 0 Å². The number of hydrogen-bond acceptors (Lipinski definition) is 12. The molecule has 194 valence electrons. The standard InChI is InChI=1S/C17H20N6O10P2S/c18-14-12-15(20-7-19-14)23(8-21-12)16-11(22-17(25)31-9-4-2-1-3-5-9)13(24)10(32-16)6-30-34(26,27)33-35(28,29)36/h1-5,7-8,10-11,13,16,24H,6H2,(H,22,25)(H,26,27)(H2,18,19,20)(H2,28,29,36)/t10-,11-,13-,16-/m1/s1. The molecule has 3 aromatic rings. The number of para-hydroxylation sites is 1. The fourth-order valence-corrected chi connectivity index (χ4v) is 5.78. The summed E-state index contributed by atoms with van der Waals surface area (Å²) in [7, 11) is -5.03. The van der Waals surface area contributed by atoms with Gasteiger partial charge in [-0.15, -0.1) is 0 Å². The van der Waals surface area contributed by atoms with Crippen molar-refractivity contribution in [3.05, 3.63) is 43.0 Å². The Morgan fingerprint density at radius 2 is 1.94 bits per heavy atom. The van der Waals surface area contributed by atoms with Crippen molar-refractivity contribution >= 4 is 49.4 Å². The number of aliphatic hydroxyl groups is 1. The summed E-state index contributed by atoms with van der Waals surface area (Å²) in [5, 5.41) is 13.4. The van der Waals surface area contributed by atoms with Crippen molar-refractivity contribution in [2.24, 2.45) is 0 Å². The Morgan fingerprint density at radius 3 is 2.64 bits per heavy atom. The first-order chi connectivity index (χ1) is 16.9. The summed E-state index contributed by atoms with van der Waals surface area (Å²) in [5.41, 5.74) is 6.26. The number of anilines is 1. The summed E-state index contributed by atoms with van der Waals surface area (Å²) < 4.78 is 33.1. The molecule has 1 unspecified atom stereocenters. The van der Waals surface area contributed by atoms with E-state index in [1.807, 2.05) is 0 Å². The minimum absolute atomic E-state index is 0.0762. The van der Waals surface area contributed by atoms with Gasteiger partial charge in [0.1, 0.15) is 35.8 Å². The molecule has 0 spiro atoms. The van der Waals surface area contributed by atoms with Gasteiger partial charge in [0.25, 0.3) is 0 Å². The van der Waals surface area contributed by atoms with E-state index < -0.39 is 51.7 Å². The van der Waals surface area contributed by atoms with Crippen molar-refractivity contribution in [2.75, 3.05) is 12.3 Å². The molecule has 2 aromatic heterocycles. The number of imidazole rings is 1. The SMILES string of the molecule is Nc1ncnc2c1ncn2[C@@H]1O[C@H](COP(=O)(O)OP(O)(O)=S)[C@@H](O)[C@H]1NC(=O)Oc1ccccc1. The zero-order chi connectivity index (χ0) is 26.1. The third-order valence-corrected chi connectivity index (χ3v) is 7.63. The highest BCUT2D eigenvalue weighted by Crippen LogP contribution is 2.58. The van der Waals surface area contributed by atoms with Gasteiger partial charge in [-0.2, -0.15) is 0 Å². The number of fused-ring (bicyclic) bond motifs is 1. The maximum atomic E-state index is 12.6. The molecule has 16 nitrogen and oxygen atoms in total. The van der Waals surface area contributed by atoms with E-state index in [0.29, 0.717) is 0 Å². The Hall–Kier alpha value is -2.56. The lowest BCUT2D eigenvalue weighted by atomic mass is 10.1. The maximum Gasteiger partial charge on any atom is 0.479 e. The molecule has 5 atom stereocenters. The number of ether oxygens (including phenoxy) is 2. The molecule has 0 aliphatic carbocycles. The molecule has 7 N–H and O–H groups in total. The van der Waals surface area contributed by atoms with Crippen LogP contribution >= 0.6 is 14.5 Å². The van der Waals surface area contributed by atoms with Gasteiger partial charge in [0.15, 0.2) is 17.7 Å². The number of nitrogens with zero attached hydrogens (tertiary/aromatic N) is 4. The summed E-state index contributed by atoms with van der Waals surface area (Å²) in [5.74, 6) is 0.308. The fraction of sp³-hybridized carbons (Fsp3) is 0.294. The molecule has 0 bridgehead atoms. The second-order valence-electron chi connectivity index (χ2n) is 7.35. The van der Waals surface area contributed by atoms with Crippen LogP contribution < -0.4 is 15.8 Å². The van der Waals surface area contributed by atoms with Gasteiger partial charge in [0, 0.05) is 0 Å². The smallest absolute Gasteiger partial charge is 0.410 e. The van der Waals surface area contributed by atoms with E-state index >= 15 is 0 Å². The van der Waals surface area contributed by atoms with Crippen molar-refractivity contribution in [3.8, 4) is 5.75 Å². The lowest BCUT2D eigenvalue weighted by molar-refractivity contribution is -0.0429. The lowest BCUT2D eigenvalue weighted by Gasteiger charge is -2.22. The van der Waals surface area contributed by atoms with Gasteiger partial charge in [-0.3, -0.25) is 9.09 Å². The van der Waals surface area contributed by atoms with Gasteiger partial charge in [-0.25, -0.2) is 28.6 Å². The van der Waals surface area contributed by atoms with Crippen LogP contribution in [0.25, 0.3) is 11.2 Å². The van der Waals surface area contributed by atoms with Gasteiger partial charge in [-0.05, 0) is 23.9 Å². The van der Waals surface area contributed by atoms with E-state index in [2.05, 4.69) is 36.4 Å². The summed E-state index contributed by atoms with van der Waals surface area (Å²) in [6.45, 7) is -5.30. The van der Waals surface area contributed by atoms with Crippen molar-refractivity contribution in [3.63, 3.8) is 0 Å². The summed E-state index contributed by atoms with van der Waals surface area (Å²) in [4.78, 5) is 52.6. The van der Waals surface area contributed by atoms with Crippen LogP contribution in [0, 0.1) is 0 Å². The Morgan fingerprint density at radius 1 is 1.22 bits per heavy atom. The monoisotopic (exact) mass is 562 g/mol. The van der Waals surface area contributed by atoms with Crippen LogP contribution in [0.3, 0.4) is 0 Å². The molecule has 4 rings (SSSR count). The van der Waals surface area contributed by atoms with E-state index in [-0.39, 0.29) is 22.7 Å². The van der Waals surface area contributed by atoms with E-state index in [4.69, 9.17) is 29.5 Å². The Kier molecular flexibility index (Phi) is 7.68. The summed E-state index contributed by atoms with van der Waals surface area (Å²) in [6, 6.07) is 6.92. The number of phosphoric ester groups is 1. The average molecular weight is 562 g/mol. The molecule has 1 aliphatic heterocycles. The number of carbonyl (C=O) groups is 1. The summed E-state index contributed by atoms with van der Waals surface area (Å²) >= 11 is 4.17. The number of aromatic nitrogens is 4. The molecule has 1 amide bonds. The molecule has 1 aromatic carbocycles. The molecular weight excluding hydrogens is 542 g/mol. The normalized spacial score (nSPS) is 23.9. The zero-order valence-electron chi connectivity index (χ0n) is 18.0. The number of nitrogens with two attached hydrogens (primary N) is 1. The van der Waals surface area contributed by atoms with Crippen LogP contribution in [0.15, 0.2) is 43.0 Å². The first-order valence-electron chi connectivity index (χ1n) is 9.98. The maximum absolute atomic E-state index is 12.6. The van der Waals surface area contributed by atoms with Gasteiger partial charge in [0.05, 0.1) is 12.9 Å². The minimum atomic E-state index is -5.03.